The highest BCUT2D eigenvalue weighted by molar-refractivity contribution is 7.98. The molecule has 8 heteroatoms. The Bertz CT molecular complexity index is 541. The fourth-order valence-electron chi connectivity index (χ4n) is 2.10. The summed E-state index contributed by atoms with van der Waals surface area (Å²) >= 11 is 7.32. The van der Waals surface area contributed by atoms with Crippen LogP contribution in [0.15, 0.2) is 11.4 Å². The average molecular weight is 329 g/mol. The lowest BCUT2D eigenvalue weighted by Crippen LogP contribution is -2.30. The van der Waals surface area contributed by atoms with Crippen LogP contribution in [-0.4, -0.2) is 52.6 Å². The molecule has 6 nitrogen and oxygen atoms in total. The van der Waals surface area contributed by atoms with Crippen molar-refractivity contribution in [3.63, 3.8) is 0 Å². The second-order valence-corrected chi connectivity index (χ2v) is 5.79. The second-order valence-electron chi connectivity index (χ2n) is 4.65. The molecule has 0 spiro atoms. The van der Waals surface area contributed by atoms with Gasteiger partial charge in [0.25, 0.3) is 5.91 Å². The van der Waals surface area contributed by atoms with Crippen molar-refractivity contribution in [1.29, 1.82) is 0 Å². The van der Waals surface area contributed by atoms with E-state index in [0.717, 1.165) is 19.4 Å². The molecule has 0 aromatic carbocycles. The summed E-state index contributed by atoms with van der Waals surface area (Å²) in [6.45, 7) is 1.99. The molecule has 0 atom stereocenters. The Morgan fingerprint density at radius 1 is 1.57 bits per heavy atom. The number of likely N-dealkylation sites (tertiary alicyclic amines) is 1. The highest BCUT2D eigenvalue weighted by atomic mass is 35.5. The summed E-state index contributed by atoms with van der Waals surface area (Å²) in [6.07, 6.45) is 5.56. The van der Waals surface area contributed by atoms with Crippen molar-refractivity contribution in [2.24, 2.45) is 0 Å². The number of amides is 2. The maximum atomic E-state index is 12.0. The summed E-state index contributed by atoms with van der Waals surface area (Å²) in [7, 11) is 0. The van der Waals surface area contributed by atoms with E-state index in [1.165, 1.54) is 18.0 Å². The minimum Gasteiger partial charge on any atom is -0.352 e. The van der Waals surface area contributed by atoms with Crippen LogP contribution in [0.25, 0.3) is 0 Å². The van der Waals surface area contributed by atoms with Crippen LogP contribution < -0.4 is 5.32 Å². The van der Waals surface area contributed by atoms with Gasteiger partial charge in [0.1, 0.15) is 5.15 Å². The summed E-state index contributed by atoms with van der Waals surface area (Å²) in [6, 6.07) is 0. The predicted octanol–water partition coefficient (Wildman–Crippen LogP) is 1.59. The van der Waals surface area contributed by atoms with Gasteiger partial charge in [0.2, 0.25) is 5.91 Å². The monoisotopic (exact) mass is 328 g/mol. The van der Waals surface area contributed by atoms with Gasteiger partial charge in [-0.15, -0.1) is 0 Å². The number of aromatic nitrogens is 2. The highest BCUT2D eigenvalue weighted by Crippen LogP contribution is 2.16. The lowest BCUT2D eigenvalue weighted by atomic mass is 10.3. The number of hydrogen-bond donors (Lipinski definition) is 1. The third kappa shape index (κ3) is 4.31. The Labute approximate surface area is 132 Å². The number of halogens is 1. The fourth-order valence-corrected chi connectivity index (χ4v) is 2.71. The van der Waals surface area contributed by atoms with Crippen LogP contribution in [0.4, 0.5) is 0 Å². The topological polar surface area (TPSA) is 75.2 Å². The number of carbonyl (C=O) groups excluding carboxylic acids is 2. The van der Waals surface area contributed by atoms with Crippen molar-refractivity contribution in [1.82, 2.24) is 20.2 Å². The molecule has 2 amide bonds. The standard InChI is InChI=1S/C13H17ClN4O2S/c1-21-13-16-8-9(11(14)17-13)12(20)15-5-3-7-18-6-2-4-10(18)19/h8H,2-7H2,1H3,(H,15,20). The van der Waals surface area contributed by atoms with Crippen LogP contribution in [-0.2, 0) is 4.79 Å². The number of nitrogens with one attached hydrogen (secondary N) is 1. The van der Waals surface area contributed by atoms with Crippen molar-refractivity contribution < 1.29 is 9.59 Å². The highest BCUT2D eigenvalue weighted by Gasteiger charge is 2.19. The minimum atomic E-state index is -0.291. The normalized spacial score (nSPS) is 14.6. The number of carbonyl (C=O) groups is 2. The summed E-state index contributed by atoms with van der Waals surface area (Å²) in [5.74, 6) is -0.0918. The summed E-state index contributed by atoms with van der Waals surface area (Å²) in [5, 5.41) is 3.45. The quantitative estimate of drug-likeness (QED) is 0.371. The molecule has 0 saturated carbocycles. The maximum Gasteiger partial charge on any atom is 0.255 e. The third-order valence-corrected chi connectivity index (χ3v) is 4.06. The first kappa shape index (κ1) is 16.0. The smallest absolute Gasteiger partial charge is 0.255 e. The fraction of sp³-hybridized carbons (Fsp3) is 0.538. The van der Waals surface area contributed by atoms with E-state index in [2.05, 4.69) is 15.3 Å². The SMILES string of the molecule is CSc1ncc(C(=O)NCCCN2CCCC2=O)c(Cl)n1. The molecule has 1 fully saturated rings. The van der Waals surface area contributed by atoms with E-state index >= 15 is 0 Å². The Morgan fingerprint density at radius 3 is 3.00 bits per heavy atom. The molecule has 21 heavy (non-hydrogen) atoms. The zero-order valence-corrected chi connectivity index (χ0v) is 13.3. The maximum absolute atomic E-state index is 12.0. The van der Waals surface area contributed by atoms with Gasteiger partial charge in [-0.1, -0.05) is 23.4 Å². The molecule has 0 aliphatic carbocycles. The molecule has 2 heterocycles. The van der Waals surface area contributed by atoms with Gasteiger partial charge in [-0.3, -0.25) is 9.59 Å². The van der Waals surface area contributed by atoms with Gasteiger partial charge in [0.15, 0.2) is 5.16 Å². The van der Waals surface area contributed by atoms with Crippen LogP contribution in [0.2, 0.25) is 5.15 Å². The third-order valence-electron chi connectivity index (χ3n) is 3.21. The number of hydrogen-bond acceptors (Lipinski definition) is 5. The van der Waals surface area contributed by atoms with Crippen LogP contribution in [0.5, 0.6) is 0 Å². The van der Waals surface area contributed by atoms with E-state index < -0.39 is 0 Å². The van der Waals surface area contributed by atoms with Crippen molar-refractivity contribution in [3.05, 3.63) is 16.9 Å². The first-order valence-electron chi connectivity index (χ1n) is 6.74. The second kappa shape index (κ2) is 7.61. The van der Waals surface area contributed by atoms with E-state index in [4.69, 9.17) is 11.6 Å². The van der Waals surface area contributed by atoms with Crippen molar-refractivity contribution >= 4 is 35.2 Å². The van der Waals surface area contributed by atoms with Gasteiger partial charge >= 0.3 is 0 Å². The zero-order valence-electron chi connectivity index (χ0n) is 11.8. The van der Waals surface area contributed by atoms with Gasteiger partial charge in [0.05, 0.1) is 5.56 Å². The summed E-state index contributed by atoms with van der Waals surface area (Å²) in [4.78, 5) is 33.3. The van der Waals surface area contributed by atoms with Crippen LogP contribution in [0.3, 0.4) is 0 Å². The lowest BCUT2D eigenvalue weighted by molar-refractivity contribution is -0.127. The Morgan fingerprint density at radius 2 is 2.38 bits per heavy atom. The lowest BCUT2D eigenvalue weighted by Gasteiger charge is -2.15. The molecule has 2 rings (SSSR count). The molecule has 1 saturated heterocycles. The Hall–Kier alpha value is -1.34. The molecule has 0 radical (unpaired) electrons. The van der Waals surface area contributed by atoms with Crippen LogP contribution in [0, 0.1) is 0 Å². The molecular weight excluding hydrogens is 312 g/mol. The number of nitrogens with zero attached hydrogens (tertiary/aromatic N) is 3. The van der Waals surface area contributed by atoms with Crippen molar-refractivity contribution in [2.75, 3.05) is 25.9 Å². The van der Waals surface area contributed by atoms with E-state index in [-0.39, 0.29) is 22.5 Å². The first-order valence-corrected chi connectivity index (χ1v) is 8.34. The van der Waals surface area contributed by atoms with E-state index in [1.807, 2.05) is 11.2 Å². The van der Waals surface area contributed by atoms with E-state index in [0.29, 0.717) is 24.7 Å². The van der Waals surface area contributed by atoms with E-state index in [1.54, 1.807) is 0 Å². The first-order chi connectivity index (χ1) is 10.1. The average Bonchev–Trinajstić information content (AvgIpc) is 2.88. The van der Waals surface area contributed by atoms with Gasteiger partial charge in [0, 0.05) is 32.3 Å². The minimum absolute atomic E-state index is 0.154. The predicted molar refractivity (Wildman–Crippen MR) is 81.6 cm³/mol. The van der Waals surface area contributed by atoms with E-state index in [9.17, 15) is 9.59 Å². The molecule has 1 aliphatic heterocycles. The van der Waals surface area contributed by atoms with Gasteiger partial charge in [-0.2, -0.15) is 0 Å². The van der Waals surface area contributed by atoms with Crippen molar-refractivity contribution in [3.8, 4) is 0 Å². The molecule has 1 N–H and O–H groups in total. The zero-order chi connectivity index (χ0) is 15.2. The molecule has 1 aliphatic rings. The molecular formula is C13H17ClN4O2S. The largest absolute Gasteiger partial charge is 0.352 e. The summed E-state index contributed by atoms with van der Waals surface area (Å²) < 4.78 is 0. The van der Waals surface area contributed by atoms with Crippen LogP contribution in [0.1, 0.15) is 29.6 Å². The van der Waals surface area contributed by atoms with Gasteiger partial charge in [-0.25, -0.2) is 9.97 Å². The number of thioether (sulfide) groups is 1. The molecule has 114 valence electrons. The van der Waals surface area contributed by atoms with Gasteiger partial charge in [-0.05, 0) is 19.1 Å². The van der Waals surface area contributed by atoms with Crippen LogP contribution >= 0.6 is 23.4 Å². The molecule has 1 aromatic rings. The Kier molecular flexibility index (Phi) is 5.81. The molecule has 1 aromatic heterocycles. The number of rotatable bonds is 6. The van der Waals surface area contributed by atoms with Crippen molar-refractivity contribution in [2.45, 2.75) is 24.4 Å². The summed E-state index contributed by atoms with van der Waals surface area (Å²) in [5.41, 5.74) is 0.270. The molecule has 0 bridgehead atoms. The van der Waals surface area contributed by atoms with Gasteiger partial charge < -0.3 is 10.2 Å². The Balaban J connectivity index is 1.78. The molecule has 0 unspecified atom stereocenters.